The van der Waals surface area contributed by atoms with Crippen molar-refractivity contribution in [3.05, 3.63) is 39.5 Å². The molecule has 0 bridgehead atoms. The first kappa shape index (κ1) is 22.1. The summed E-state index contributed by atoms with van der Waals surface area (Å²) in [6, 6.07) is -0.167. The number of rotatable bonds is 5. The van der Waals surface area contributed by atoms with Crippen molar-refractivity contribution in [1.82, 2.24) is 19.7 Å². The van der Waals surface area contributed by atoms with Gasteiger partial charge < -0.3 is 14.6 Å². The number of methoxy groups -OCH3 is 1. The van der Waals surface area contributed by atoms with Gasteiger partial charge in [0.05, 0.1) is 35.9 Å². The van der Waals surface area contributed by atoms with E-state index < -0.39 is 15.8 Å². The maximum Gasteiger partial charge on any atom is 0.339 e. The molecule has 1 fully saturated rings. The van der Waals surface area contributed by atoms with Crippen molar-refractivity contribution in [2.45, 2.75) is 46.7 Å². The number of carbonyl (C=O) groups is 2. The van der Waals surface area contributed by atoms with Crippen LogP contribution in [0.4, 0.5) is 0 Å². The number of hydrogen-bond acceptors (Lipinski definition) is 6. The topological polar surface area (TPSA) is 114 Å². The number of ether oxygens (including phenoxy) is 1. The molecule has 1 aliphatic rings. The summed E-state index contributed by atoms with van der Waals surface area (Å²) in [6.45, 7) is 7.52. The van der Waals surface area contributed by atoms with Crippen molar-refractivity contribution < 1.29 is 22.7 Å². The van der Waals surface area contributed by atoms with Gasteiger partial charge in [0.2, 0.25) is 0 Å². The standard InChI is InChI=1S/C20H28N4O5S/c1-11-17(20(26)29-6)13(3)21-18(11)19(25)23(5)9-16-12(2)22-24(14(16)4)15-7-8-30(27,28)10-15/h15,21H,7-10H2,1-6H3. The molecule has 1 saturated heterocycles. The molecule has 2 aromatic rings. The van der Waals surface area contributed by atoms with Gasteiger partial charge in [0.15, 0.2) is 9.84 Å². The minimum absolute atomic E-state index is 0.0976. The number of esters is 1. The summed E-state index contributed by atoms with van der Waals surface area (Å²) in [6.07, 6.45) is 0.551. The molecule has 0 radical (unpaired) electrons. The Morgan fingerprint density at radius 2 is 1.93 bits per heavy atom. The summed E-state index contributed by atoms with van der Waals surface area (Å²) >= 11 is 0. The quantitative estimate of drug-likeness (QED) is 0.716. The van der Waals surface area contributed by atoms with Crippen LogP contribution in [0.15, 0.2) is 0 Å². The van der Waals surface area contributed by atoms with Gasteiger partial charge in [-0.25, -0.2) is 13.2 Å². The Hall–Kier alpha value is -2.62. The lowest BCUT2D eigenvalue weighted by Gasteiger charge is -2.18. The predicted octanol–water partition coefficient (Wildman–Crippen LogP) is 1.86. The van der Waals surface area contributed by atoms with Crippen molar-refractivity contribution in [3.63, 3.8) is 0 Å². The first-order chi connectivity index (χ1) is 14.0. The number of amides is 1. The van der Waals surface area contributed by atoms with Crippen molar-refractivity contribution in [2.75, 3.05) is 25.7 Å². The number of hydrogen-bond donors (Lipinski definition) is 1. The van der Waals surface area contributed by atoms with Gasteiger partial charge in [-0.1, -0.05) is 0 Å². The molecule has 3 rings (SSSR count). The Kier molecular flexibility index (Phi) is 5.81. The minimum Gasteiger partial charge on any atom is -0.465 e. The molecule has 30 heavy (non-hydrogen) atoms. The van der Waals surface area contributed by atoms with E-state index >= 15 is 0 Å². The van der Waals surface area contributed by atoms with E-state index in [9.17, 15) is 18.0 Å². The second-order valence-electron chi connectivity index (χ2n) is 7.93. The lowest BCUT2D eigenvalue weighted by Crippen LogP contribution is -2.27. The van der Waals surface area contributed by atoms with Crippen LogP contribution >= 0.6 is 0 Å². The summed E-state index contributed by atoms with van der Waals surface area (Å²) < 4.78 is 30.3. The number of aromatic amines is 1. The number of nitrogens with one attached hydrogen (secondary N) is 1. The first-order valence-electron chi connectivity index (χ1n) is 9.74. The Morgan fingerprint density at radius 1 is 1.27 bits per heavy atom. The smallest absolute Gasteiger partial charge is 0.339 e. The fraction of sp³-hybridized carbons (Fsp3) is 0.550. The largest absolute Gasteiger partial charge is 0.465 e. The van der Waals surface area contributed by atoms with E-state index in [2.05, 4.69) is 10.1 Å². The normalized spacial score (nSPS) is 17.9. The first-order valence-corrected chi connectivity index (χ1v) is 11.6. The Balaban J connectivity index is 1.84. The van der Waals surface area contributed by atoms with Crippen LogP contribution < -0.4 is 0 Å². The SMILES string of the molecule is COC(=O)c1c(C)[nH]c(C(=O)N(C)Cc2c(C)nn(C3CCS(=O)(=O)C3)c2C)c1C. The van der Waals surface area contributed by atoms with Gasteiger partial charge in [-0.15, -0.1) is 0 Å². The third-order valence-electron chi connectivity index (χ3n) is 5.81. The monoisotopic (exact) mass is 436 g/mol. The number of aryl methyl sites for hydroxylation is 2. The molecular weight excluding hydrogens is 408 g/mol. The third-order valence-corrected chi connectivity index (χ3v) is 7.56. The van der Waals surface area contributed by atoms with Crippen LogP contribution in [0.25, 0.3) is 0 Å². The van der Waals surface area contributed by atoms with Crippen LogP contribution in [-0.2, 0) is 21.1 Å². The molecule has 1 atom stereocenters. The number of aromatic nitrogens is 3. The zero-order valence-electron chi connectivity index (χ0n) is 18.2. The van der Waals surface area contributed by atoms with Gasteiger partial charge in [0, 0.05) is 30.5 Å². The van der Waals surface area contributed by atoms with Crippen molar-refractivity contribution >= 4 is 21.7 Å². The number of H-pyrrole nitrogens is 1. The lowest BCUT2D eigenvalue weighted by atomic mass is 10.1. The molecule has 1 unspecified atom stereocenters. The molecule has 2 aromatic heterocycles. The Bertz CT molecular complexity index is 1110. The fourth-order valence-corrected chi connectivity index (χ4v) is 5.81. The second kappa shape index (κ2) is 7.90. The Labute approximate surface area is 176 Å². The Morgan fingerprint density at radius 3 is 2.50 bits per heavy atom. The highest BCUT2D eigenvalue weighted by Crippen LogP contribution is 2.28. The van der Waals surface area contributed by atoms with Gasteiger partial charge in [0.25, 0.3) is 5.91 Å². The molecule has 0 aliphatic carbocycles. The average Bonchev–Trinajstić information content (AvgIpc) is 3.28. The van der Waals surface area contributed by atoms with Crippen molar-refractivity contribution in [3.8, 4) is 0 Å². The van der Waals surface area contributed by atoms with E-state index in [1.54, 1.807) is 30.5 Å². The summed E-state index contributed by atoms with van der Waals surface area (Å²) in [5.41, 5.74) is 4.38. The molecule has 10 heteroatoms. The molecule has 0 spiro atoms. The molecule has 1 aliphatic heterocycles. The lowest BCUT2D eigenvalue weighted by molar-refractivity contribution is 0.0599. The molecule has 1 amide bonds. The number of nitrogens with zero attached hydrogens (tertiary/aromatic N) is 3. The third kappa shape index (κ3) is 3.88. The van der Waals surface area contributed by atoms with E-state index in [0.717, 1.165) is 17.0 Å². The highest BCUT2D eigenvalue weighted by atomic mass is 32.2. The van der Waals surface area contributed by atoms with Crippen LogP contribution in [0.1, 0.15) is 61.5 Å². The molecular formula is C20H28N4O5S. The van der Waals surface area contributed by atoms with Gasteiger partial charge >= 0.3 is 5.97 Å². The maximum absolute atomic E-state index is 13.1. The molecule has 0 saturated carbocycles. The van der Waals surface area contributed by atoms with Gasteiger partial charge in [-0.05, 0) is 39.7 Å². The van der Waals surface area contributed by atoms with Crippen molar-refractivity contribution in [2.24, 2.45) is 0 Å². The zero-order chi connectivity index (χ0) is 22.4. The molecule has 1 N–H and O–H groups in total. The van der Waals surface area contributed by atoms with Crippen LogP contribution in [0.3, 0.4) is 0 Å². The summed E-state index contributed by atoms with van der Waals surface area (Å²) in [7, 11) is -0.0269. The molecule has 9 nitrogen and oxygen atoms in total. The summed E-state index contributed by atoms with van der Waals surface area (Å²) in [4.78, 5) is 29.6. The van der Waals surface area contributed by atoms with E-state index in [0.29, 0.717) is 35.5 Å². The van der Waals surface area contributed by atoms with E-state index in [-0.39, 0.29) is 23.5 Å². The number of carbonyl (C=O) groups excluding carboxylic acids is 2. The highest BCUT2D eigenvalue weighted by Gasteiger charge is 2.32. The van der Waals surface area contributed by atoms with Gasteiger partial charge in [0.1, 0.15) is 5.69 Å². The summed E-state index contributed by atoms with van der Waals surface area (Å²) in [5.74, 6) is -0.457. The van der Waals surface area contributed by atoms with Gasteiger partial charge in [-0.2, -0.15) is 5.10 Å². The minimum atomic E-state index is -3.02. The van der Waals surface area contributed by atoms with E-state index in [4.69, 9.17) is 4.74 Å². The predicted molar refractivity (Wildman–Crippen MR) is 111 cm³/mol. The number of sulfone groups is 1. The average molecular weight is 437 g/mol. The molecule has 164 valence electrons. The van der Waals surface area contributed by atoms with Crippen LogP contribution in [0.2, 0.25) is 0 Å². The fourth-order valence-electron chi connectivity index (χ4n) is 4.12. The van der Waals surface area contributed by atoms with Crippen LogP contribution in [0.5, 0.6) is 0 Å². The van der Waals surface area contributed by atoms with E-state index in [1.807, 2.05) is 13.8 Å². The highest BCUT2D eigenvalue weighted by molar-refractivity contribution is 7.91. The van der Waals surface area contributed by atoms with Crippen molar-refractivity contribution in [1.29, 1.82) is 0 Å². The van der Waals surface area contributed by atoms with Crippen LogP contribution in [0, 0.1) is 27.7 Å². The van der Waals surface area contributed by atoms with E-state index in [1.165, 1.54) is 7.11 Å². The molecule has 3 heterocycles. The van der Waals surface area contributed by atoms with Crippen LogP contribution in [-0.4, -0.2) is 65.6 Å². The molecule has 0 aromatic carbocycles. The zero-order valence-corrected chi connectivity index (χ0v) is 19.0. The second-order valence-corrected chi connectivity index (χ2v) is 10.2. The van der Waals surface area contributed by atoms with Gasteiger partial charge in [-0.3, -0.25) is 9.48 Å². The summed E-state index contributed by atoms with van der Waals surface area (Å²) in [5, 5.41) is 4.56. The maximum atomic E-state index is 13.1.